The molecule has 1 fully saturated rings. The van der Waals surface area contributed by atoms with Crippen LogP contribution in [0.2, 0.25) is 0 Å². The molecule has 2 heteroatoms. The van der Waals surface area contributed by atoms with E-state index in [0.717, 1.165) is 18.4 Å². The standard InChI is InChI=1S/C11H23NO/c1-8-5-6-11(10(8)3)12-9(2)7-13-4/h8-12H,5-7H2,1-4H3. The molecule has 0 bridgehead atoms. The van der Waals surface area contributed by atoms with Crippen molar-refractivity contribution in [3.63, 3.8) is 0 Å². The molecular formula is C11H23NO. The summed E-state index contributed by atoms with van der Waals surface area (Å²) in [5.74, 6) is 1.70. The Bertz CT molecular complexity index is 149. The first-order valence-electron chi connectivity index (χ1n) is 5.40. The summed E-state index contributed by atoms with van der Waals surface area (Å²) < 4.78 is 5.11. The van der Waals surface area contributed by atoms with Crippen LogP contribution in [0.3, 0.4) is 0 Å². The summed E-state index contributed by atoms with van der Waals surface area (Å²) in [5, 5.41) is 3.63. The largest absolute Gasteiger partial charge is 0.383 e. The van der Waals surface area contributed by atoms with Gasteiger partial charge in [0.15, 0.2) is 0 Å². The Hall–Kier alpha value is -0.0800. The fourth-order valence-corrected chi connectivity index (χ4v) is 2.26. The molecular weight excluding hydrogens is 162 g/mol. The smallest absolute Gasteiger partial charge is 0.0613 e. The molecule has 0 saturated heterocycles. The number of rotatable bonds is 4. The topological polar surface area (TPSA) is 21.3 Å². The molecule has 13 heavy (non-hydrogen) atoms. The highest BCUT2D eigenvalue weighted by Crippen LogP contribution is 2.31. The van der Waals surface area contributed by atoms with E-state index in [4.69, 9.17) is 4.74 Å². The van der Waals surface area contributed by atoms with Gasteiger partial charge in [-0.05, 0) is 31.6 Å². The predicted octanol–water partition coefficient (Wildman–Crippen LogP) is 2.05. The van der Waals surface area contributed by atoms with E-state index in [-0.39, 0.29) is 0 Å². The van der Waals surface area contributed by atoms with Crippen LogP contribution in [0, 0.1) is 11.8 Å². The van der Waals surface area contributed by atoms with Crippen LogP contribution in [-0.2, 0) is 4.74 Å². The summed E-state index contributed by atoms with van der Waals surface area (Å²) in [7, 11) is 1.76. The van der Waals surface area contributed by atoms with E-state index in [2.05, 4.69) is 26.1 Å². The average molecular weight is 185 g/mol. The van der Waals surface area contributed by atoms with Gasteiger partial charge >= 0.3 is 0 Å². The van der Waals surface area contributed by atoms with Gasteiger partial charge < -0.3 is 10.1 Å². The minimum absolute atomic E-state index is 0.489. The third-order valence-electron chi connectivity index (χ3n) is 3.38. The predicted molar refractivity (Wildman–Crippen MR) is 55.8 cm³/mol. The molecule has 1 rings (SSSR count). The van der Waals surface area contributed by atoms with Gasteiger partial charge in [-0.1, -0.05) is 13.8 Å². The van der Waals surface area contributed by atoms with Crippen molar-refractivity contribution in [2.75, 3.05) is 13.7 Å². The Labute approximate surface area is 82.0 Å². The van der Waals surface area contributed by atoms with E-state index < -0.39 is 0 Å². The molecule has 2 nitrogen and oxygen atoms in total. The quantitative estimate of drug-likeness (QED) is 0.723. The Morgan fingerprint density at radius 1 is 1.38 bits per heavy atom. The third kappa shape index (κ3) is 2.96. The van der Waals surface area contributed by atoms with Crippen LogP contribution in [0.1, 0.15) is 33.6 Å². The minimum atomic E-state index is 0.489. The third-order valence-corrected chi connectivity index (χ3v) is 3.38. The SMILES string of the molecule is COCC(C)NC1CCC(C)C1C. The second-order valence-electron chi connectivity index (χ2n) is 4.54. The highest BCUT2D eigenvalue weighted by atomic mass is 16.5. The Morgan fingerprint density at radius 3 is 2.54 bits per heavy atom. The Morgan fingerprint density at radius 2 is 2.08 bits per heavy atom. The van der Waals surface area contributed by atoms with E-state index >= 15 is 0 Å². The van der Waals surface area contributed by atoms with Gasteiger partial charge in [0.2, 0.25) is 0 Å². The number of hydrogen-bond donors (Lipinski definition) is 1. The van der Waals surface area contributed by atoms with Gasteiger partial charge in [0, 0.05) is 19.2 Å². The number of hydrogen-bond acceptors (Lipinski definition) is 2. The molecule has 1 aliphatic carbocycles. The maximum absolute atomic E-state index is 5.11. The van der Waals surface area contributed by atoms with Crippen LogP contribution in [-0.4, -0.2) is 25.8 Å². The van der Waals surface area contributed by atoms with Crippen molar-refractivity contribution in [2.24, 2.45) is 11.8 Å². The summed E-state index contributed by atoms with van der Waals surface area (Å²) in [6, 6.07) is 1.20. The van der Waals surface area contributed by atoms with Crippen molar-refractivity contribution >= 4 is 0 Å². The van der Waals surface area contributed by atoms with E-state index in [1.165, 1.54) is 12.8 Å². The lowest BCUT2D eigenvalue weighted by Gasteiger charge is -2.23. The molecule has 0 radical (unpaired) electrons. The van der Waals surface area contributed by atoms with Gasteiger partial charge in [-0.2, -0.15) is 0 Å². The first kappa shape index (κ1) is 11.0. The zero-order valence-corrected chi connectivity index (χ0v) is 9.34. The maximum Gasteiger partial charge on any atom is 0.0613 e. The van der Waals surface area contributed by atoms with E-state index in [0.29, 0.717) is 12.1 Å². The molecule has 4 unspecified atom stereocenters. The highest BCUT2D eigenvalue weighted by molar-refractivity contribution is 4.86. The molecule has 1 aliphatic rings. The summed E-state index contributed by atoms with van der Waals surface area (Å²) in [6.07, 6.45) is 2.70. The van der Waals surface area contributed by atoms with Crippen LogP contribution in [0.5, 0.6) is 0 Å². The molecule has 1 saturated carbocycles. The van der Waals surface area contributed by atoms with Crippen LogP contribution < -0.4 is 5.32 Å². The second kappa shape index (κ2) is 4.97. The number of ether oxygens (including phenoxy) is 1. The van der Waals surface area contributed by atoms with Gasteiger partial charge in [-0.25, -0.2) is 0 Å². The molecule has 4 atom stereocenters. The number of nitrogens with one attached hydrogen (secondary N) is 1. The van der Waals surface area contributed by atoms with Crippen molar-refractivity contribution in [2.45, 2.75) is 45.7 Å². The van der Waals surface area contributed by atoms with Crippen molar-refractivity contribution < 1.29 is 4.74 Å². The maximum atomic E-state index is 5.11. The van der Waals surface area contributed by atoms with Gasteiger partial charge in [0.05, 0.1) is 6.61 Å². The molecule has 0 spiro atoms. The molecule has 0 heterocycles. The first-order valence-corrected chi connectivity index (χ1v) is 5.40. The normalized spacial score (nSPS) is 36.5. The van der Waals surface area contributed by atoms with Crippen LogP contribution in [0.15, 0.2) is 0 Å². The van der Waals surface area contributed by atoms with Crippen LogP contribution in [0.25, 0.3) is 0 Å². The minimum Gasteiger partial charge on any atom is -0.383 e. The van der Waals surface area contributed by atoms with Crippen LogP contribution >= 0.6 is 0 Å². The molecule has 0 aromatic heterocycles. The van der Waals surface area contributed by atoms with Gasteiger partial charge in [0.1, 0.15) is 0 Å². The Balaban J connectivity index is 2.29. The first-order chi connectivity index (χ1) is 6.15. The van der Waals surface area contributed by atoms with Gasteiger partial charge in [-0.3, -0.25) is 0 Å². The van der Waals surface area contributed by atoms with Crippen molar-refractivity contribution in [3.8, 4) is 0 Å². The van der Waals surface area contributed by atoms with Crippen molar-refractivity contribution in [1.29, 1.82) is 0 Å². The Kier molecular flexibility index (Phi) is 4.20. The zero-order chi connectivity index (χ0) is 9.84. The fourth-order valence-electron chi connectivity index (χ4n) is 2.26. The lowest BCUT2D eigenvalue weighted by atomic mass is 9.97. The van der Waals surface area contributed by atoms with Gasteiger partial charge in [0.25, 0.3) is 0 Å². The van der Waals surface area contributed by atoms with E-state index in [1.807, 2.05) is 0 Å². The summed E-state index contributed by atoms with van der Waals surface area (Å²) in [4.78, 5) is 0. The summed E-state index contributed by atoms with van der Waals surface area (Å²) in [5.41, 5.74) is 0. The van der Waals surface area contributed by atoms with Gasteiger partial charge in [-0.15, -0.1) is 0 Å². The van der Waals surface area contributed by atoms with Crippen molar-refractivity contribution in [1.82, 2.24) is 5.32 Å². The lowest BCUT2D eigenvalue weighted by Crippen LogP contribution is -2.41. The second-order valence-corrected chi connectivity index (χ2v) is 4.54. The molecule has 0 aromatic rings. The fraction of sp³-hybridized carbons (Fsp3) is 1.00. The number of methoxy groups -OCH3 is 1. The molecule has 0 aromatic carbocycles. The highest BCUT2D eigenvalue weighted by Gasteiger charge is 2.29. The molecule has 0 amide bonds. The van der Waals surface area contributed by atoms with E-state index in [1.54, 1.807) is 7.11 Å². The molecule has 1 N–H and O–H groups in total. The summed E-state index contributed by atoms with van der Waals surface area (Å²) in [6.45, 7) is 7.72. The lowest BCUT2D eigenvalue weighted by molar-refractivity contribution is 0.162. The molecule has 0 aliphatic heterocycles. The monoisotopic (exact) mass is 185 g/mol. The average Bonchev–Trinajstić information content (AvgIpc) is 2.37. The van der Waals surface area contributed by atoms with Crippen molar-refractivity contribution in [3.05, 3.63) is 0 Å². The molecule has 78 valence electrons. The van der Waals surface area contributed by atoms with Crippen LogP contribution in [0.4, 0.5) is 0 Å². The zero-order valence-electron chi connectivity index (χ0n) is 9.34. The summed E-state index contributed by atoms with van der Waals surface area (Å²) >= 11 is 0. The van der Waals surface area contributed by atoms with E-state index in [9.17, 15) is 0 Å².